The second-order valence-electron chi connectivity index (χ2n) is 6.01. The number of nitrogens with zero attached hydrogens (tertiary/aromatic N) is 2. The van der Waals surface area contributed by atoms with Crippen molar-refractivity contribution in [2.45, 2.75) is 18.4 Å². The van der Waals surface area contributed by atoms with Gasteiger partial charge in [0.2, 0.25) is 0 Å². The van der Waals surface area contributed by atoms with E-state index in [-0.39, 0.29) is 11.4 Å². The highest BCUT2D eigenvalue weighted by atomic mass is 79.9. The molecule has 1 N–H and O–H groups in total. The van der Waals surface area contributed by atoms with Gasteiger partial charge in [-0.05, 0) is 46.3 Å². The Hall–Kier alpha value is -0.630. The number of thioether (sulfide) groups is 1. The number of carbonyl (C=O) groups excluding carboxylic acids is 1. The lowest BCUT2D eigenvalue weighted by Gasteiger charge is -2.48. The molecule has 2 fully saturated rings. The lowest BCUT2D eigenvalue weighted by Crippen LogP contribution is -2.60. The van der Waals surface area contributed by atoms with Crippen molar-refractivity contribution in [3.8, 4) is 0 Å². The molecule has 5 nitrogen and oxygen atoms in total. The average Bonchev–Trinajstić information content (AvgIpc) is 2.61. The molecule has 3 rings (SSSR count). The van der Waals surface area contributed by atoms with Crippen LogP contribution in [0.5, 0.6) is 0 Å². The van der Waals surface area contributed by atoms with Gasteiger partial charge in [0.25, 0.3) is 5.91 Å². The number of rotatable bonds is 4. The Morgan fingerprint density at radius 1 is 1.35 bits per heavy atom. The van der Waals surface area contributed by atoms with Gasteiger partial charge >= 0.3 is 0 Å². The van der Waals surface area contributed by atoms with Crippen molar-refractivity contribution in [2.75, 3.05) is 44.4 Å². The van der Waals surface area contributed by atoms with E-state index in [0.29, 0.717) is 12.1 Å². The van der Waals surface area contributed by atoms with Gasteiger partial charge in [-0.2, -0.15) is 11.8 Å². The van der Waals surface area contributed by atoms with Gasteiger partial charge in [0.15, 0.2) is 0 Å². The van der Waals surface area contributed by atoms with Crippen molar-refractivity contribution < 1.29 is 9.53 Å². The van der Waals surface area contributed by atoms with Crippen LogP contribution in [0.3, 0.4) is 0 Å². The van der Waals surface area contributed by atoms with Gasteiger partial charge in [0, 0.05) is 42.0 Å². The third-order valence-corrected chi connectivity index (χ3v) is 6.07. The molecule has 1 aromatic heterocycles. The predicted octanol–water partition coefficient (Wildman–Crippen LogP) is 2.17. The molecular formula is C16H22BrN3O2S. The number of pyridine rings is 1. The van der Waals surface area contributed by atoms with E-state index in [0.717, 1.165) is 55.1 Å². The number of aromatic nitrogens is 1. The normalized spacial score (nSPS) is 21.8. The first-order chi connectivity index (χ1) is 11.2. The largest absolute Gasteiger partial charge is 0.379 e. The first-order valence-electron chi connectivity index (χ1n) is 7.99. The summed E-state index contributed by atoms with van der Waals surface area (Å²) in [4.78, 5) is 19.0. The maximum atomic E-state index is 12.4. The molecule has 0 bridgehead atoms. The second-order valence-corrected chi connectivity index (χ2v) is 8.15. The minimum Gasteiger partial charge on any atom is -0.379 e. The summed E-state index contributed by atoms with van der Waals surface area (Å²) in [6.45, 7) is 4.19. The summed E-state index contributed by atoms with van der Waals surface area (Å²) >= 11 is 5.37. The Kier molecular flexibility index (Phi) is 5.96. The molecule has 2 aliphatic rings. The van der Waals surface area contributed by atoms with Gasteiger partial charge in [0.1, 0.15) is 0 Å². The zero-order valence-electron chi connectivity index (χ0n) is 13.1. The quantitative estimate of drug-likeness (QED) is 0.840. The molecule has 0 radical (unpaired) electrons. The highest BCUT2D eigenvalue weighted by Crippen LogP contribution is 2.32. The lowest BCUT2D eigenvalue weighted by atomic mass is 9.89. The summed E-state index contributed by atoms with van der Waals surface area (Å²) < 4.78 is 6.32. The zero-order valence-corrected chi connectivity index (χ0v) is 15.5. The smallest absolute Gasteiger partial charge is 0.252 e. The van der Waals surface area contributed by atoms with Crippen molar-refractivity contribution in [1.29, 1.82) is 0 Å². The third kappa shape index (κ3) is 4.26. The molecule has 7 heteroatoms. The zero-order chi connectivity index (χ0) is 16.1. The number of nitrogens with one attached hydrogen (secondary N) is 1. The summed E-state index contributed by atoms with van der Waals surface area (Å²) in [5.74, 6) is 2.27. The number of hydrogen-bond acceptors (Lipinski definition) is 5. The van der Waals surface area contributed by atoms with E-state index in [2.05, 4.69) is 31.1 Å². The van der Waals surface area contributed by atoms with E-state index >= 15 is 0 Å². The van der Waals surface area contributed by atoms with Crippen LogP contribution in [0.15, 0.2) is 22.9 Å². The van der Waals surface area contributed by atoms with Crippen LogP contribution in [0, 0.1) is 0 Å². The fourth-order valence-corrected chi connectivity index (χ4v) is 4.89. The van der Waals surface area contributed by atoms with Gasteiger partial charge < -0.3 is 10.1 Å². The molecule has 2 saturated heterocycles. The number of morpholine rings is 1. The van der Waals surface area contributed by atoms with E-state index in [1.54, 1.807) is 18.5 Å². The third-order valence-electron chi connectivity index (χ3n) is 4.65. The molecule has 3 heterocycles. The predicted molar refractivity (Wildman–Crippen MR) is 96.0 cm³/mol. The number of hydrogen-bond donors (Lipinski definition) is 1. The maximum absolute atomic E-state index is 12.4. The maximum Gasteiger partial charge on any atom is 0.252 e. The van der Waals surface area contributed by atoms with Crippen molar-refractivity contribution in [2.24, 2.45) is 0 Å². The number of amides is 1. The van der Waals surface area contributed by atoms with Crippen LogP contribution >= 0.6 is 27.7 Å². The van der Waals surface area contributed by atoms with Crippen molar-refractivity contribution >= 4 is 33.6 Å². The van der Waals surface area contributed by atoms with Crippen molar-refractivity contribution in [3.63, 3.8) is 0 Å². The minimum atomic E-state index is -0.0512. The fraction of sp³-hybridized carbons (Fsp3) is 0.625. The molecule has 0 saturated carbocycles. The van der Waals surface area contributed by atoms with Crippen LogP contribution in [-0.4, -0.2) is 65.7 Å². The van der Waals surface area contributed by atoms with E-state index in [9.17, 15) is 4.79 Å². The first kappa shape index (κ1) is 17.2. The SMILES string of the molecule is O=C(NCC1(N2CCOCC2)CCSCC1)c1cncc(Br)c1. The second kappa shape index (κ2) is 7.96. The fourth-order valence-electron chi connectivity index (χ4n) is 3.28. The highest BCUT2D eigenvalue weighted by molar-refractivity contribution is 9.10. The minimum absolute atomic E-state index is 0.0512. The molecule has 126 valence electrons. The lowest BCUT2D eigenvalue weighted by molar-refractivity contribution is -0.0255. The Bertz CT molecular complexity index is 546. The standard InChI is InChI=1S/C16H22BrN3O2S/c17-14-9-13(10-18-11-14)15(21)19-12-16(1-7-23-8-2-16)20-3-5-22-6-4-20/h9-11H,1-8,12H2,(H,19,21). The molecule has 1 amide bonds. The van der Waals surface area contributed by atoms with Gasteiger partial charge in [-0.3, -0.25) is 14.7 Å². The molecular weight excluding hydrogens is 378 g/mol. The van der Waals surface area contributed by atoms with E-state index in [4.69, 9.17) is 4.74 Å². The number of halogens is 1. The highest BCUT2D eigenvalue weighted by Gasteiger charge is 2.39. The summed E-state index contributed by atoms with van der Waals surface area (Å²) in [5, 5.41) is 3.14. The summed E-state index contributed by atoms with van der Waals surface area (Å²) in [6, 6.07) is 1.81. The Balaban J connectivity index is 1.67. The summed E-state index contributed by atoms with van der Waals surface area (Å²) in [5.41, 5.74) is 0.672. The Morgan fingerprint density at radius 2 is 2.09 bits per heavy atom. The van der Waals surface area contributed by atoms with Gasteiger partial charge in [-0.25, -0.2) is 0 Å². The first-order valence-corrected chi connectivity index (χ1v) is 9.94. The van der Waals surface area contributed by atoms with Crippen molar-refractivity contribution in [1.82, 2.24) is 15.2 Å². The van der Waals surface area contributed by atoms with Crippen LogP contribution in [0.4, 0.5) is 0 Å². The molecule has 0 aliphatic carbocycles. The molecule has 0 spiro atoms. The van der Waals surface area contributed by atoms with Crippen LogP contribution in [0.1, 0.15) is 23.2 Å². The van der Waals surface area contributed by atoms with Crippen molar-refractivity contribution in [3.05, 3.63) is 28.5 Å². The molecule has 0 atom stereocenters. The average molecular weight is 400 g/mol. The van der Waals surface area contributed by atoms with Crippen LogP contribution in [-0.2, 0) is 4.74 Å². The van der Waals surface area contributed by atoms with Gasteiger partial charge in [0.05, 0.1) is 18.8 Å². The number of carbonyl (C=O) groups is 1. The topological polar surface area (TPSA) is 54.5 Å². The van der Waals surface area contributed by atoms with Crippen LogP contribution in [0.2, 0.25) is 0 Å². The molecule has 23 heavy (non-hydrogen) atoms. The van der Waals surface area contributed by atoms with Crippen LogP contribution < -0.4 is 5.32 Å². The Morgan fingerprint density at radius 3 is 2.78 bits per heavy atom. The molecule has 0 unspecified atom stereocenters. The van der Waals surface area contributed by atoms with Crippen LogP contribution in [0.25, 0.3) is 0 Å². The van der Waals surface area contributed by atoms with E-state index < -0.39 is 0 Å². The van der Waals surface area contributed by atoms with Gasteiger partial charge in [-0.1, -0.05) is 0 Å². The Labute approximate surface area is 149 Å². The summed E-state index contributed by atoms with van der Waals surface area (Å²) in [6.07, 6.45) is 5.53. The number of ether oxygens (including phenoxy) is 1. The molecule has 0 aromatic carbocycles. The van der Waals surface area contributed by atoms with E-state index in [1.807, 2.05) is 11.8 Å². The molecule has 2 aliphatic heterocycles. The van der Waals surface area contributed by atoms with Gasteiger partial charge in [-0.15, -0.1) is 0 Å². The monoisotopic (exact) mass is 399 g/mol. The molecule has 1 aromatic rings. The summed E-state index contributed by atoms with van der Waals surface area (Å²) in [7, 11) is 0. The van der Waals surface area contributed by atoms with E-state index in [1.165, 1.54) is 0 Å².